The lowest BCUT2D eigenvalue weighted by atomic mass is 10.2. The molecule has 0 fully saturated rings. The average Bonchev–Trinajstić information content (AvgIpc) is 3.06. The second kappa shape index (κ2) is 6.04. The Balaban J connectivity index is 1.70. The summed E-state index contributed by atoms with van der Waals surface area (Å²) >= 11 is 0. The number of hydrogen-bond acceptors (Lipinski definition) is 6. The van der Waals surface area contributed by atoms with Gasteiger partial charge in [-0.3, -0.25) is 4.79 Å². The number of nitrogens with zero attached hydrogens (tertiary/aromatic N) is 3. The Bertz CT molecular complexity index is 881. The first-order valence-electron chi connectivity index (χ1n) is 6.45. The molecule has 22 heavy (non-hydrogen) atoms. The van der Waals surface area contributed by atoms with Gasteiger partial charge < -0.3 is 9.15 Å². The van der Waals surface area contributed by atoms with E-state index >= 15 is 0 Å². The van der Waals surface area contributed by atoms with Gasteiger partial charge >= 0.3 is 5.97 Å². The van der Waals surface area contributed by atoms with E-state index in [1.54, 1.807) is 36.4 Å². The lowest BCUT2D eigenvalue weighted by Gasteiger charge is -2.04. The minimum absolute atomic E-state index is 0.308. The molecule has 0 saturated heterocycles. The number of ether oxygens (including phenoxy) is 1. The number of benzene rings is 1. The van der Waals surface area contributed by atoms with E-state index in [4.69, 9.17) is 9.15 Å². The highest BCUT2D eigenvalue weighted by Gasteiger charge is 2.06. The van der Waals surface area contributed by atoms with Gasteiger partial charge in [-0.15, -0.1) is 5.10 Å². The maximum atomic E-state index is 12.1. The van der Waals surface area contributed by atoms with E-state index < -0.39 is 5.97 Å². The number of hydrogen-bond donors (Lipinski definition) is 0. The van der Waals surface area contributed by atoms with Crippen molar-refractivity contribution in [3.8, 4) is 0 Å². The van der Waals surface area contributed by atoms with E-state index in [0.717, 1.165) is 4.68 Å². The van der Waals surface area contributed by atoms with Gasteiger partial charge in [0.1, 0.15) is 11.3 Å². The lowest BCUT2D eigenvalue weighted by Crippen LogP contribution is -2.26. The Kier molecular flexibility index (Phi) is 3.78. The number of aromatic nitrogens is 3. The summed E-state index contributed by atoms with van der Waals surface area (Å²) in [5, 5.41) is 8.03. The Morgan fingerprint density at radius 3 is 2.95 bits per heavy atom. The van der Waals surface area contributed by atoms with Gasteiger partial charge in [-0.05, 0) is 30.3 Å². The Morgan fingerprint density at radius 1 is 1.27 bits per heavy atom. The van der Waals surface area contributed by atoms with Crippen molar-refractivity contribution in [1.29, 1.82) is 0 Å². The molecule has 7 heteroatoms. The van der Waals surface area contributed by atoms with E-state index in [1.165, 1.54) is 18.4 Å². The molecule has 110 valence electrons. The normalized spacial score (nSPS) is 11.1. The highest BCUT2D eigenvalue weighted by molar-refractivity contribution is 5.86. The molecule has 0 aliphatic carbocycles. The van der Waals surface area contributed by atoms with Crippen LogP contribution in [0.25, 0.3) is 17.0 Å². The summed E-state index contributed by atoms with van der Waals surface area (Å²) in [5.74, 6) is -0.0853. The summed E-state index contributed by atoms with van der Waals surface area (Å²) in [6.07, 6.45) is 4.17. The summed E-state index contributed by atoms with van der Waals surface area (Å²) in [6, 6.07) is 10.2. The van der Waals surface area contributed by atoms with Gasteiger partial charge in [0.15, 0.2) is 6.73 Å². The SMILES string of the molecule is O=C(/C=C/c1ccco1)OCn1nnc2ccccc2c1=O. The third kappa shape index (κ3) is 2.93. The Labute approximate surface area is 124 Å². The Hall–Kier alpha value is -3.22. The molecular weight excluding hydrogens is 286 g/mol. The highest BCUT2D eigenvalue weighted by Crippen LogP contribution is 2.04. The van der Waals surface area contributed by atoms with Gasteiger partial charge in [0, 0.05) is 6.08 Å². The van der Waals surface area contributed by atoms with Gasteiger partial charge in [-0.1, -0.05) is 17.3 Å². The smallest absolute Gasteiger partial charge is 0.332 e. The van der Waals surface area contributed by atoms with Crippen molar-refractivity contribution < 1.29 is 13.9 Å². The number of carbonyl (C=O) groups excluding carboxylic acids is 1. The van der Waals surface area contributed by atoms with Crippen LogP contribution in [0.4, 0.5) is 0 Å². The minimum Gasteiger partial charge on any atom is -0.465 e. The van der Waals surface area contributed by atoms with Crippen LogP contribution in [0.5, 0.6) is 0 Å². The number of rotatable bonds is 4. The maximum Gasteiger partial charge on any atom is 0.332 e. The van der Waals surface area contributed by atoms with Gasteiger partial charge in [-0.25, -0.2) is 4.79 Å². The molecule has 0 aliphatic heterocycles. The van der Waals surface area contributed by atoms with Crippen LogP contribution in [0.2, 0.25) is 0 Å². The second-order valence-electron chi connectivity index (χ2n) is 4.35. The van der Waals surface area contributed by atoms with Crippen molar-refractivity contribution >= 4 is 22.9 Å². The molecule has 0 bridgehead atoms. The fourth-order valence-electron chi connectivity index (χ4n) is 1.82. The van der Waals surface area contributed by atoms with E-state index in [0.29, 0.717) is 16.7 Å². The van der Waals surface area contributed by atoms with Crippen LogP contribution < -0.4 is 5.56 Å². The molecule has 0 saturated carbocycles. The average molecular weight is 297 g/mol. The molecule has 1 aromatic carbocycles. The van der Waals surface area contributed by atoms with E-state index in [9.17, 15) is 9.59 Å². The highest BCUT2D eigenvalue weighted by atomic mass is 16.5. The van der Waals surface area contributed by atoms with Crippen molar-refractivity contribution in [2.24, 2.45) is 0 Å². The molecule has 0 N–H and O–H groups in total. The largest absolute Gasteiger partial charge is 0.465 e. The van der Waals surface area contributed by atoms with Crippen LogP contribution in [0, 0.1) is 0 Å². The van der Waals surface area contributed by atoms with E-state index in [-0.39, 0.29) is 12.3 Å². The molecule has 0 unspecified atom stereocenters. The van der Waals surface area contributed by atoms with Gasteiger partial charge in [0.2, 0.25) is 0 Å². The number of fused-ring (bicyclic) bond motifs is 1. The molecule has 2 aromatic heterocycles. The summed E-state index contributed by atoms with van der Waals surface area (Å²) in [5.41, 5.74) is 0.126. The molecule has 0 spiro atoms. The first-order chi connectivity index (χ1) is 10.7. The van der Waals surface area contributed by atoms with Crippen LogP contribution in [0.1, 0.15) is 5.76 Å². The predicted octanol–water partition coefficient (Wildman–Crippen LogP) is 1.60. The fourth-order valence-corrected chi connectivity index (χ4v) is 1.82. The molecule has 0 atom stereocenters. The Morgan fingerprint density at radius 2 is 2.14 bits per heavy atom. The molecule has 0 radical (unpaired) electrons. The third-order valence-corrected chi connectivity index (χ3v) is 2.89. The number of furan rings is 1. The van der Waals surface area contributed by atoms with Crippen molar-refractivity contribution in [2.45, 2.75) is 6.73 Å². The van der Waals surface area contributed by atoms with Crippen molar-refractivity contribution in [3.63, 3.8) is 0 Å². The molecule has 7 nitrogen and oxygen atoms in total. The zero-order valence-corrected chi connectivity index (χ0v) is 11.4. The van der Waals surface area contributed by atoms with Crippen LogP contribution in [0.3, 0.4) is 0 Å². The first-order valence-corrected chi connectivity index (χ1v) is 6.45. The molecule has 3 rings (SSSR count). The van der Waals surface area contributed by atoms with Gasteiger partial charge in [-0.2, -0.15) is 4.68 Å². The topological polar surface area (TPSA) is 87.2 Å². The quantitative estimate of drug-likeness (QED) is 0.537. The standard InChI is InChI=1S/C15H11N3O4/c19-14(8-7-11-4-3-9-21-11)22-10-18-15(20)12-5-1-2-6-13(12)16-17-18/h1-9H,10H2/b8-7+. The van der Waals surface area contributed by atoms with Crippen molar-refractivity contribution in [2.75, 3.05) is 0 Å². The zero-order chi connectivity index (χ0) is 15.4. The van der Waals surface area contributed by atoms with Gasteiger partial charge in [0.25, 0.3) is 5.56 Å². The van der Waals surface area contributed by atoms with E-state index in [2.05, 4.69) is 10.3 Å². The molecule has 2 heterocycles. The number of carbonyl (C=O) groups is 1. The fraction of sp³-hybridized carbons (Fsp3) is 0.0667. The first kappa shape index (κ1) is 13.7. The van der Waals surface area contributed by atoms with Crippen LogP contribution >= 0.6 is 0 Å². The minimum atomic E-state index is -0.613. The summed E-state index contributed by atoms with van der Waals surface area (Å²) in [7, 11) is 0. The second-order valence-corrected chi connectivity index (χ2v) is 4.35. The molecular formula is C15H11N3O4. The van der Waals surface area contributed by atoms with Gasteiger partial charge in [0.05, 0.1) is 11.6 Å². The maximum absolute atomic E-state index is 12.1. The monoisotopic (exact) mass is 297 g/mol. The predicted molar refractivity (Wildman–Crippen MR) is 77.6 cm³/mol. The van der Waals surface area contributed by atoms with Crippen LogP contribution in [-0.4, -0.2) is 21.0 Å². The third-order valence-electron chi connectivity index (χ3n) is 2.89. The van der Waals surface area contributed by atoms with Crippen LogP contribution in [0.15, 0.2) is 57.9 Å². The molecule has 0 aliphatic rings. The summed E-state index contributed by atoms with van der Waals surface area (Å²) in [4.78, 5) is 23.7. The van der Waals surface area contributed by atoms with Crippen LogP contribution in [-0.2, 0) is 16.3 Å². The van der Waals surface area contributed by atoms with Crippen molar-refractivity contribution in [3.05, 3.63) is 64.9 Å². The lowest BCUT2D eigenvalue weighted by molar-refractivity contribution is -0.141. The zero-order valence-electron chi connectivity index (χ0n) is 11.4. The van der Waals surface area contributed by atoms with E-state index in [1.807, 2.05) is 0 Å². The number of esters is 1. The molecule has 3 aromatic rings. The summed E-state index contributed by atoms with van der Waals surface area (Å²) in [6.45, 7) is -0.308. The molecule has 0 amide bonds. The van der Waals surface area contributed by atoms with Crippen molar-refractivity contribution in [1.82, 2.24) is 15.0 Å². The summed E-state index contributed by atoms with van der Waals surface area (Å²) < 4.78 is 11.0.